The fourth-order valence-electron chi connectivity index (χ4n) is 2.70. The van der Waals surface area contributed by atoms with Gasteiger partial charge in [-0.25, -0.2) is 8.42 Å². The van der Waals surface area contributed by atoms with Gasteiger partial charge in [-0.2, -0.15) is 4.31 Å². The van der Waals surface area contributed by atoms with Crippen LogP contribution in [-0.4, -0.2) is 37.8 Å². The molecule has 0 unspecified atom stereocenters. The minimum Gasteiger partial charge on any atom is -0.348 e. The van der Waals surface area contributed by atoms with Crippen LogP contribution >= 0.6 is 22.7 Å². The minimum absolute atomic E-state index is 0.121. The van der Waals surface area contributed by atoms with Crippen molar-refractivity contribution in [2.75, 3.05) is 13.1 Å². The summed E-state index contributed by atoms with van der Waals surface area (Å²) in [6.07, 6.45) is 1.55. The number of nitrogens with zero attached hydrogens (tertiary/aromatic N) is 1. The molecule has 3 heterocycles. The number of carbonyl (C=O) groups is 1. The normalized spacial score (nSPS) is 19.6. The molecule has 1 fully saturated rings. The highest BCUT2D eigenvalue weighted by molar-refractivity contribution is 7.91. The van der Waals surface area contributed by atoms with Gasteiger partial charge in [-0.05, 0) is 42.7 Å². The van der Waals surface area contributed by atoms with Gasteiger partial charge in [-0.3, -0.25) is 4.79 Å². The van der Waals surface area contributed by atoms with Crippen molar-refractivity contribution in [2.24, 2.45) is 0 Å². The lowest BCUT2D eigenvalue weighted by atomic mass is 10.1. The summed E-state index contributed by atoms with van der Waals surface area (Å²) in [7, 11) is -3.45. The Morgan fingerprint density at radius 2 is 2.13 bits per heavy atom. The predicted molar refractivity (Wildman–Crippen MR) is 92.6 cm³/mol. The number of thiophene rings is 2. The Morgan fingerprint density at radius 1 is 1.30 bits per heavy atom. The van der Waals surface area contributed by atoms with Gasteiger partial charge in [0.15, 0.2) is 0 Å². The van der Waals surface area contributed by atoms with Crippen molar-refractivity contribution >= 4 is 38.6 Å². The standard InChI is InChI=1S/C15H18N2O3S3/c1-11-13(6-9-21-11)15(18)16-12-4-2-7-17(10-12)23(19,20)14-5-3-8-22-14/h3,5-6,8-9,12H,2,4,7,10H2,1H3,(H,16,18)/t12-/m1/s1. The molecule has 0 bridgehead atoms. The van der Waals surface area contributed by atoms with Crippen LogP contribution in [0.5, 0.6) is 0 Å². The lowest BCUT2D eigenvalue weighted by Crippen LogP contribution is -2.49. The molecule has 1 saturated heterocycles. The number of sulfonamides is 1. The molecule has 0 saturated carbocycles. The number of aryl methyl sites for hydroxylation is 1. The van der Waals surface area contributed by atoms with Crippen molar-refractivity contribution < 1.29 is 13.2 Å². The summed E-state index contributed by atoms with van der Waals surface area (Å²) in [5.74, 6) is -0.121. The van der Waals surface area contributed by atoms with Crippen LogP contribution in [0.2, 0.25) is 0 Å². The van der Waals surface area contributed by atoms with Crippen LogP contribution < -0.4 is 5.32 Å². The highest BCUT2D eigenvalue weighted by Gasteiger charge is 2.31. The fourth-order valence-corrected chi connectivity index (χ4v) is 6.06. The van der Waals surface area contributed by atoms with Crippen molar-refractivity contribution in [3.05, 3.63) is 39.4 Å². The van der Waals surface area contributed by atoms with E-state index < -0.39 is 10.0 Å². The zero-order chi connectivity index (χ0) is 16.4. The summed E-state index contributed by atoms with van der Waals surface area (Å²) in [6.45, 7) is 2.74. The van der Waals surface area contributed by atoms with E-state index in [1.165, 1.54) is 27.0 Å². The van der Waals surface area contributed by atoms with Crippen molar-refractivity contribution in [1.29, 1.82) is 0 Å². The summed E-state index contributed by atoms with van der Waals surface area (Å²) in [5, 5.41) is 6.62. The van der Waals surface area contributed by atoms with Gasteiger partial charge < -0.3 is 5.32 Å². The molecule has 1 aliphatic heterocycles. The largest absolute Gasteiger partial charge is 0.348 e. The molecule has 0 radical (unpaired) electrons. The van der Waals surface area contributed by atoms with E-state index in [9.17, 15) is 13.2 Å². The molecule has 0 aliphatic carbocycles. The van der Waals surface area contributed by atoms with Gasteiger partial charge in [0.25, 0.3) is 15.9 Å². The molecule has 3 rings (SSSR count). The Balaban J connectivity index is 1.69. The van der Waals surface area contributed by atoms with E-state index in [4.69, 9.17) is 0 Å². The number of piperidine rings is 1. The lowest BCUT2D eigenvalue weighted by Gasteiger charge is -2.32. The van der Waals surface area contributed by atoms with E-state index in [1.54, 1.807) is 23.6 Å². The zero-order valence-electron chi connectivity index (χ0n) is 12.7. The molecule has 2 aromatic rings. The van der Waals surface area contributed by atoms with Crippen LogP contribution in [0.4, 0.5) is 0 Å². The predicted octanol–water partition coefficient (Wildman–Crippen LogP) is 2.70. The Labute approximate surface area is 144 Å². The highest BCUT2D eigenvalue weighted by atomic mass is 32.2. The Kier molecular flexibility index (Phi) is 4.86. The number of rotatable bonds is 4. The third kappa shape index (κ3) is 3.50. The SMILES string of the molecule is Cc1sccc1C(=O)N[C@@H]1CCCN(S(=O)(=O)c2cccs2)C1. The number of hydrogen-bond acceptors (Lipinski definition) is 5. The maximum atomic E-state index is 12.6. The first-order valence-corrected chi connectivity index (χ1v) is 10.6. The van der Waals surface area contributed by atoms with Crippen molar-refractivity contribution in [1.82, 2.24) is 9.62 Å². The van der Waals surface area contributed by atoms with Crippen molar-refractivity contribution in [3.8, 4) is 0 Å². The van der Waals surface area contributed by atoms with Crippen LogP contribution in [0.15, 0.2) is 33.2 Å². The summed E-state index contributed by atoms with van der Waals surface area (Å²) < 4.78 is 27.0. The molecule has 1 amide bonds. The molecule has 124 valence electrons. The second-order valence-electron chi connectivity index (χ2n) is 5.50. The second kappa shape index (κ2) is 6.72. The molecular formula is C15H18N2O3S3. The number of amides is 1. The third-order valence-electron chi connectivity index (χ3n) is 3.91. The van der Waals surface area contributed by atoms with Gasteiger partial charge in [-0.1, -0.05) is 6.07 Å². The average Bonchev–Trinajstić information content (AvgIpc) is 3.19. The lowest BCUT2D eigenvalue weighted by molar-refractivity contribution is 0.0921. The highest BCUT2D eigenvalue weighted by Crippen LogP contribution is 2.24. The molecular weight excluding hydrogens is 352 g/mol. The number of carbonyl (C=O) groups excluding carboxylic acids is 1. The Bertz CT molecular complexity index is 781. The van der Waals surface area contributed by atoms with Gasteiger partial charge in [0.2, 0.25) is 0 Å². The topological polar surface area (TPSA) is 66.5 Å². The Hall–Kier alpha value is -1.22. The molecule has 0 aromatic carbocycles. The first-order chi connectivity index (χ1) is 11.0. The molecule has 1 N–H and O–H groups in total. The van der Waals surface area contributed by atoms with Gasteiger partial charge in [0.1, 0.15) is 4.21 Å². The van der Waals surface area contributed by atoms with E-state index in [0.717, 1.165) is 17.7 Å². The first kappa shape index (κ1) is 16.6. The fraction of sp³-hybridized carbons (Fsp3) is 0.400. The Morgan fingerprint density at radius 3 is 2.78 bits per heavy atom. The molecule has 1 aliphatic rings. The van der Waals surface area contributed by atoms with Crippen LogP contribution in [-0.2, 0) is 10.0 Å². The first-order valence-electron chi connectivity index (χ1n) is 7.37. The summed E-state index contributed by atoms with van der Waals surface area (Å²) in [5.41, 5.74) is 0.674. The third-order valence-corrected chi connectivity index (χ3v) is 8.00. The van der Waals surface area contributed by atoms with E-state index in [1.807, 2.05) is 12.3 Å². The van der Waals surface area contributed by atoms with Gasteiger partial charge in [0.05, 0.1) is 5.56 Å². The van der Waals surface area contributed by atoms with Crippen LogP contribution in [0.1, 0.15) is 28.1 Å². The molecule has 0 spiro atoms. The molecule has 2 aromatic heterocycles. The molecule has 5 nitrogen and oxygen atoms in total. The number of hydrogen-bond donors (Lipinski definition) is 1. The van der Waals surface area contributed by atoms with Crippen LogP contribution in [0.3, 0.4) is 0 Å². The smallest absolute Gasteiger partial charge is 0.252 e. The molecule has 8 heteroatoms. The summed E-state index contributed by atoms with van der Waals surface area (Å²) in [6, 6.07) is 5.01. The molecule has 1 atom stereocenters. The number of nitrogens with one attached hydrogen (secondary N) is 1. The van der Waals surface area contributed by atoms with E-state index >= 15 is 0 Å². The minimum atomic E-state index is -3.45. The van der Waals surface area contributed by atoms with Gasteiger partial charge in [0, 0.05) is 24.0 Å². The van der Waals surface area contributed by atoms with E-state index in [2.05, 4.69) is 5.32 Å². The molecule has 23 heavy (non-hydrogen) atoms. The van der Waals surface area contributed by atoms with E-state index in [-0.39, 0.29) is 11.9 Å². The van der Waals surface area contributed by atoms with Crippen molar-refractivity contribution in [2.45, 2.75) is 30.0 Å². The maximum absolute atomic E-state index is 12.6. The summed E-state index contributed by atoms with van der Waals surface area (Å²) in [4.78, 5) is 13.3. The maximum Gasteiger partial charge on any atom is 0.252 e. The van der Waals surface area contributed by atoms with Crippen LogP contribution in [0, 0.1) is 6.92 Å². The second-order valence-corrected chi connectivity index (χ2v) is 9.73. The average molecular weight is 371 g/mol. The summed E-state index contributed by atoms with van der Waals surface area (Å²) >= 11 is 2.76. The van der Waals surface area contributed by atoms with Gasteiger partial charge >= 0.3 is 0 Å². The van der Waals surface area contributed by atoms with Crippen molar-refractivity contribution in [3.63, 3.8) is 0 Å². The quantitative estimate of drug-likeness (QED) is 0.900. The monoisotopic (exact) mass is 370 g/mol. The zero-order valence-corrected chi connectivity index (χ0v) is 15.1. The van der Waals surface area contributed by atoms with E-state index in [0.29, 0.717) is 22.9 Å². The van der Waals surface area contributed by atoms with Gasteiger partial charge in [-0.15, -0.1) is 22.7 Å². The van der Waals surface area contributed by atoms with Crippen LogP contribution in [0.25, 0.3) is 0 Å².